The summed E-state index contributed by atoms with van der Waals surface area (Å²) in [6.07, 6.45) is -5.25. The summed E-state index contributed by atoms with van der Waals surface area (Å²) in [4.78, 5) is 49.2. The zero-order valence-electron chi connectivity index (χ0n) is 11.9. The molecular weight excluding hydrogens is 310 g/mol. The van der Waals surface area contributed by atoms with Crippen LogP contribution in [0.15, 0.2) is 0 Å². The normalized spacial score (nSPS) is 15.8. The van der Waals surface area contributed by atoms with Crippen molar-refractivity contribution in [2.45, 2.75) is 51.4 Å². The zero-order chi connectivity index (χ0) is 17.3. The van der Waals surface area contributed by atoms with Crippen LogP contribution in [0.5, 0.6) is 0 Å². The van der Waals surface area contributed by atoms with Gasteiger partial charge in [-0.3, -0.25) is 9.68 Å². The first-order valence-electron chi connectivity index (χ1n) is 6.15. The Labute approximate surface area is 123 Å². The summed E-state index contributed by atoms with van der Waals surface area (Å²) < 4.78 is 0. The molecule has 0 amide bonds. The van der Waals surface area contributed by atoms with Crippen molar-refractivity contribution in [1.82, 2.24) is 0 Å². The summed E-state index contributed by atoms with van der Waals surface area (Å²) in [5.74, 6) is 0. The molecule has 0 aliphatic heterocycles. The van der Waals surface area contributed by atoms with Gasteiger partial charge in [-0.05, 0) is 12.8 Å². The van der Waals surface area contributed by atoms with E-state index in [0.29, 0.717) is 0 Å². The smallest absolute Gasteiger partial charge is 0.303 e. The maximum absolute atomic E-state index is 11.5. The average Bonchev–Trinajstić information content (AvgIpc) is 2.40. The summed E-state index contributed by atoms with van der Waals surface area (Å²) in [6.45, 7) is 3.06. The van der Waals surface area contributed by atoms with E-state index in [1.807, 2.05) is 0 Å². The molecule has 0 aliphatic carbocycles. The Morgan fingerprint density at radius 2 is 1.14 bits per heavy atom. The summed E-state index contributed by atoms with van der Waals surface area (Å²) in [5, 5.41) is 17.7. The predicted molar refractivity (Wildman–Crippen MR) is 66.1 cm³/mol. The SMILES string of the molecule is CC[C@@H](O[N+](=O)O[C@H](CC)C(N)O[N+](=O)[O-])C(N)O[N+](=O)[O-]. The van der Waals surface area contributed by atoms with Crippen molar-refractivity contribution in [1.29, 1.82) is 0 Å². The standard InChI is InChI=1S/C8H18N5O9/c1-3-5(7(9)21-11(14)15)19-13(18)20-6(4-2)8(10)22-12(16)17/h5-8H,3-4,9-10H2,1-2H3/q+1/t5-,6-,7?,8?/m1/s1. The van der Waals surface area contributed by atoms with Crippen LogP contribution in [0.25, 0.3) is 0 Å². The molecule has 0 aliphatic rings. The van der Waals surface area contributed by atoms with Crippen molar-refractivity contribution in [2.75, 3.05) is 0 Å². The van der Waals surface area contributed by atoms with Gasteiger partial charge in [0.1, 0.15) is 4.91 Å². The molecule has 0 bridgehead atoms. The molecule has 0 rings (SSSR count). The number of nitrogens with two attached hydrogens (primary N) is 2. The van der Waals surface area contributed by atoms with Crippen LogP contribution < -0.4 is 11.5 Å². The van der Waals surface area contributed by atoms with Crippen LogP contribution in [-0.4, -0.2) is 39.9 Å². The molecule has 0 aromatic carbocycles. The third-order valence-corrected chi connectivity index (χ3v) is 2.40. The highest BCUT2D eigenvalue weighted by atomic mass is 17.0. The minimum Gasteiger partial charge on any atom is -0.303 e. The van der Waals surface area contributed by atoms with Crippen LogP contribution >= 0.6 is 0 Å². The largest absolute Gasteiger partial charge is 0.478 e. The molecular formula is C8H18N5O9+. The van der Waals surface area contributed by atoms with Gasteiger partial charge in [-0.1, -0.05) is 13.8 Å². The molecule has 14 heteroatoms. The van der Waals surface area contributed by atoms with Gasteiger partial charge in [0, 0.05) is 0 Å². The van der Waals surface area contributed by atoms with E-state index in [-0.39, 0.29) is 12.8 Å². The fourth-order valence-corrected chi connectivity index (χ4v) is 1.31. The first-order chi connectivity index (χ1) is 10.2. The predicted octanol–water partition coefficient (Wildman–Crippen LogP) is -0.828. The molecule has 14 nitrogen and oxygen atoms in total. The lowest BCUT2D eigenvalue weighted by molar-refractivity contribution is -0.997. The van der Waals surface area contributed by atoms with Gasteiger partial charge in [0.15, 0.2) is 12.5 Å². The lowest BCUT2D eigenvalue weighted by Gasteiger charge is -2.17. The molecule has 4 N–H and O–H groups in total. The highest BCUT2D eigenvalue weighted by Gasteiger charge is 2.34. The van der Waals surface area contributed by atoms with Gasteiger partial charge in [0.25, 0.3) is 10.2 Å². The van der Waals surface area contributed by atoms with E-state index < -0.39 is 39.9 Å². The van der Waals surface area contributed by atoms with Crippen LogP contribution in [-0.2, 0) is 19.4 Å². The van der Waals surface area contributed by atoms with Crippen LogP contribution in [0.3, 0.4) is 0 Å². The number of hydrogen-bond donors (Lipinski definition) is 2. The summed E-state index contributed by atoms with van der Waals surface area (Å²) in [5.41, 5.74) is 10.6. The fourth-order valence-electron chi connectivity index (χ4n) is 1.31. The Bertz CT molecular complexity index is 360. The van der Waals surface area contributed by atoms with Gasteiger partial charge >= 0.3 is 5.09 Å². The first kappa shape index (κ1) is 19.5. The van der Waals surface area contributed by atoms with Gasteiger partial charge in [0.05, 0.1) is 0 Å². The Morgan fingerprint density at radius 1 is 0.818 bits per heavy atom. The van der Waals surface area contributed by atoms with E-state index in [2.05, 4.69) is 19.4 Å². The summed E-state index contributed by atoms with van der Waals surface area (Å²) >= 11 is 0. The second-order valence-corrected chi connectivity index (χ2v) is 3.92. The second-order valence-electron chi connectivity index (χ2n) is 3.92. The molecule has 128 valence electrons. The Morgan fingerprint density at radius 3 is 1.36 bits per heavy atom. The Hall–Kier alpha value is -2.48. The molecule has 0 aromatic heterocycles. The van der Waals surface area contributed by atoms with Crippen molar-refractivity contribution in [3.8, 4) is 0 Å². The van der Waals surface area contributed by atoms with Crippen molar-refractivity contribution < 1.29 is 34.6 Å². The fraction of sp³-hybridized carbons (Fsp3) is 1.00. The molecule has 0 saturated carbocycles. The van der Waals surface area contributed by atoms with Gasteiger partial charge in [-0.25, -0.2) is 0 Å². The van der Waals surface area contributed by atoms with Crippen molar-refractivity contribution in [3.05, 3.63) is 25.1 Å². The molecule has 0 spiro atoms. The minimum atomic E-state index is -1.52. The lowest BCUT2D eigenvalue weighted by Crippen LogP contribution is -2.45. The molecule has 0 fully saturated rings. The molecule has 4 atom stereocenters. The Kier molecular flexibility index (Phi) is 8.39. The topological polar surface area (TPSA) is 195 Å². The lowest BCUT2D eigenvalue weighted by atomic mass is 10.2. The van der Waals surface area contributed by atoms with Crippen LogP contribution in [0.2, 0.25) is 0 Å². The van der Waals surface area contributed by atoms with E-state index in [9.17, 15) is 25.1 Å². The van der Waals surface area contributed by atoms with Crippen molar-refractivity contribution >= 4 is 0 Å². The minimum absolute atomic E-state index is 0.0886. The third-order valence-electron chi connectivity index (χ3n) is 2.40. The summed E-state index contributed by atoms with van der Waals surface area (Å²) in [7, 11) is 0. The molecule has 0 heterocycles. The first-order valence-corrected chi connectivity index (χ1v) is 6.15. The van der Waals surface area contributed by atoms with E-state index in [1.165, 1.54) is 13.8 Å². The van der Waals surface area contributed by atoms with E-state index >= 15 is 0 Å². The summed E-state index contributed by atoms with van der Waals surface area (Å²) in [6, 6.07) is 0. The molecule has 0 saturated heterocycles. The highest BCUT2D eigenvalue weighted by molar-refractivity contribution is 4.60. The van der Waals surface area contributed by atoms with E-state index in [1.54, 1.807) is 0 Å². The Balaban J connectivity index is 4.54. The van der Waals surface area contributed by atoms with Crippen LogP contribution in [0.4, 0.5) is 0 Å². The van der Waals surface area contributed by atoms with Crippen molar-refractivity contribution in [2.24, 2.45) is 11.5 Å². The van der Waals surface area contributed by atoms with Crippen molar-refractivity contribution in [3.63, 3.8) is 0 Å². The van der Waals surface area contributed by atoms with E-state index in [0.717, 1.165) is 0 Å². The third kappa shape index (κ3) is 7.34. The van der Waals surface area contributed by atoms with Gasteiger partial charge < -0.3 is 11.5 Å². The molecule has 22 heavy (non-hydrogen) atoms. The molecule has 2 unspecified atom stereocenters. The van der Waals surface area contributed by atoms with Gasteiger partial charge in [0.2, 0.25) is 12.2 Å². The second kappa shape index (κ2) is 9.46. The maximum Gasteiger partial charge on any atom is 0.478 e. The maximum atomic E-state index is 11.5. The van der Waals surface area contributed by atoms with E-state index in [4.69, 9.17) is 11.5 Å². The number of nitrogens with zero attached hydrogens (tertiary/aromatic N) is 3. The van der Waals surface area contributed by atoms with Gasteiger partial charge in [-0.2, -0.15) is 9.68 Å². The molecule has 0 radical (unpaired) electrons. The number of hydrogen-bond acceptors (Lipinski definition) is 11. The molecule has 0 aromatic rings. The quantitative estimate of drug-likeness (QED) is 0.257. The van der Waals surface area contributed by atoms with Crippen LogP contribution in [0.1, 0.15) is 26.7 Å². The average molecular weight is 328 g/mol. The monoisotopic (exact) mass is 328 g/mol. The van der Waals surface area contributed by atoms with Gasteiger partial charge in [-0.15, -0.1) is 20.2 Å². The number of rotatable bonds is 12. The zero-order valence-corrected chi connectivity index (χ0v) is 11.9. The highest BCUT2D eigenvalue weighted by Crippen LogP contribution is 2.09. The van der Waals surface area contributed by atoms with Crippen LogP contribution in [0, 0.1) is 25.1 Å².